The summed E-state index contributed by atoms with van der Waals surface area (Å²) in [5.74, 6) is 0. The zero-order valence-corrected chi connectivity index (χ0v) is 11.9. The van der Waals surface area contributed by atoms with E-state index < -0.39 is 0 Å². The highest BCUT2D eigenvalue weighted by Crippen LogP contribution is 2.18. The molecule has 1 aromatic carbocycles. The van der Waals surface area contributed by atoms with Gasteiger partial charge in [0.05, 0.1) is 40.9 Å². The molecule has 0 aliphatic carbocycles. The molecular weight excluding hydrogens is 260 g/mol. The smallest absolute Gasteiger partial charge is 0.0998 e. The Morgan fingerprint density at radius 3 is 2.29 bits per heavy atom. The van der Waals surface area contributed by atoms with E-state index in [0.29, 0.717) is 11.1 Å². The second-order valence-electron chi connectivity index (χ2n) is 4.69. The lowest BCUT2D eigenvalue weighted by molar-refractivity contribution is 1.11. The summed E-state index contributed by atoms with van der Waals surface area (Å²) in [4.78, 5) is 6.29. The van der Waals surface area contributed by atoms with Crippen molar-refractivity contribution in [2.45, 2.75) is 0 Å². The molecule has 0 bridgehead atoms. The Balaban J connectivity index is 2.32. The molecule has 1 aromatic heterocycles. The van der Waals surface area contributed by atoms with Crippen LogP contribution in [0.15, 0.2) is 42.6 Å². The molecule has 0 aliphatic heterocycles. The third-order valence-corrected chi connectivity index (χ3v) is 3.02. The fourth-order valence-corrected chi connectivity index (χ4v) is 1.80. The van der Waals surface area contributed by atoms with Crippen LogP contribution in [0.1, 0.15) is 16.8 Å². The van der Waals surface area contributed by atoms with Gasteiger partial charge in [0, 0.05) is 14.1 Å². The van der Waals surface area contributed by atoms with E-state index in [2.05, 4.69) is 17.1 Å². The maximum atomic E-state index is 9.29. The van der Waals surface area contributed by atoms with Gasteiger partial charge < -0.3 is 4.90 Å². The van der Waals surface area contributed by atoms with Crippen LogP contribution in [0.25, 0.3) is 11.6 Å². The lowest BCUT2D eigenvalue weighted by atomic mass is 10.0. The number of allylic oxidation sites excluding steroid dienone is 1. The van der Waals surface area contributed by atoms with Gasteiger partial charge in [-0.2, -0.15) is 10.5 Å². The van der Waals surface area contributed by atoms with Crippen LogP contribution in [-0.2, 0) is 0 Å². The van der Waals surface area contributed by atoms with Crippen LogP contribution in [0, 0.1) is 22.7 Å². The Labute approximate surface area is 124 Å². The SMILES string of the molecule is CN(C)c1ccc(/C=C(\C#N)c2ccc(C#N)cc2)nc1. The van der Waals surface area contributed by atoms with Gasteiger partial charge in [0.2, 0.25) is 0 Å². The molecule has 4 heteroatoms. The highest BCUT2D eigenvalue weighted by Gasteiger charge is 2.03. The number of nitriles is 2. The Hall–Kier alpha value is -3.11. The predicted octanol–water partition coefficient (Wildman–Crippen LogP) is 3.08. The lowest BCUT2D eigenvalue weighted by Gasteiger charge is -2.11. The van der Waals surface area contributed by atoms with Crippen LogP contribution in [0.2, 0.25) is 0 Å². The average Bonchev–Trinajstić information content (AvgIpc) is 2.53. The minimum atomic E-state index is 0.518. The number of benzene rings is 1. The van der Waals surface area contributed by atoms with Crippen LogP contribution < -0.4 is 4.90 Å². The number of hydrogen-bond acceptors (Lipinski definition) is 4. The first-order valence-electron chi connectivity index (χ1n) is 6.40. The van der Waals surface area contributed by atoms with E-state index >= 15 is 0 Å². The molecule has 102 valence electrons. The second-order valence-corrected chi connectivity index (χ2v) is 4.69. The van der Waals surface area contributed by atoms with Crippen molar-refractivity contribution in [1.29, 1.82) is 10.5 Å². The minimum Gasteiger partial charge on any atom is -0.376 e. The standard InChI is InChI=1S/C17H14N4/c1-21(2)17-8-7-16(20-12-17)9-15(11-19)14-5-3-13(10-18)4-6-14/h3-9,12H,1-2H3/b15-9+. The van der Waals surface area contributed by atoms with E-state index in [9.17, 15) is 5.26 Å². The molecule has 0 saturated heterocycles. The van der Waals surface area contributed by atoms with E-state index in [0.717, 1.165) is 16.9 Å². The summed E-state index contributed by atoms with van der Waals surface area (Å²) in [7, 11) is 3.90. The first-order valence-corrected chi connectivity index (χ1v) is 6.40. The average molecular weight is 274 g/mol. The van der Waals surface area contributed by atoms with Crippen molar-refractivity contribution >= 4 is 17.3 Å². The quantitative estimate of drug-likeness (QED) is 0.807. The summed E-state index contributed by atoms with van der Waals surface area (Å²) < 4.78 is 0. The highest BCUT2D eigenvalue weighted by molar-refractivity contribution is 5.89. The van der Waals surface area contributed by atoms with E-state index in [1.165, 1.54) is 0 Å². The number of nitrogens with zero attached hydrogens (tertiary/aromatic N) is 4. The van der Waals surface area contributed by atoms with Crippen LogP contribution in [0.5, 0.6) is 0 Å². The molecule has 0 radical (unpaired) electrons. The monoisotopic (exact) mass is 274 g/mol. The number of rotatable bonds is 3. The second kappa shape index (κ2) is 6.36. The van der Waals surface area contributed by atoms with Crippen LogP contribution in [-0.4, -0.2) is 19.1 Å². The summed E-state index contributed by atoms with van der Waals surface area (Å²) in [6, 6.07) is 15.0. The van der Waals surface area contributed by atoms with Gasteiger partial charge in [-0.3, -0.25) is 4.98 Å². The van der Waals surface area contributed by atoms with Crippen molar-refractivity contribution in [3.05, 3.63) is 59.4 Å². The third-order valence-electron chi connectivity index (χ3n) is 3.02. The molecule has 0 atom stereocenters. The van der Waals surface area contributed by atoms with Gasteiger partial charge in [0.1, 0.15) is 0 Å². The van der Waals surface area contributed by atoms with Crippen molar-refractivity contribution in [3.8, 4) is 12.1 Å². The van der Waals surface area contributed by atoms with Crippen molar-refractivity contribution in [2.75, 3.05) is 19.0 Å². The first-order chi connectivity index (χ1) is 10.1. The molecule has 0 fully saturated rings. The fourth-order valence-electron chi connectivity index (χ4n) is 1.80. The van der Waals surface area contributed by atoms with E-state index in [4.69, 9.17) is 5.26 Å². The lowest BCUT2D eigenvalue weighted by Crippen LogP contribution is -2.08. The first kappa shape index (κ1) is 14.3. The number of anilines is 1. The van der Waals surface area contributed by atoms with Crippen molar-refractivity contribution < 1.29 is 0 Å². The van der Waals surface area contributed by atoms with Crippen LogP contribution >= 0.6 is 0 Å². The predicted molar refractivity (Wildman–Crippen MR) is 83.2 cm³/mol. The third kappa shape index (κ3) is 3.46. The zero-order chi connectivity index (χ0) is 15.2. The Morgan fingerprint density at radius 1 is 1.10 bits per heavy atom. The maximum absolute atomic E-state index is 9.29. The fraction of sp³-hybridized carbons (Fsp3) is 0.118. The number of pyridine rings is 1. The van der Waals surface area contributed by atoms with Gasteiger partial charge >= 0.3 is 0 Å². The molecule has 2 rings (SSSR count). The topological polar surface area (TPSA) is 63.7 Å². The molecule has 0 aliphatic rings. The number of hydrogen-bond donors (Lipinski definition) is 0. The van der Waals surface area contributed by atoms with Crippen molar-refractivity contribution in [3.63, 3.8) is 0 Å². The maximum Gasteiger partial charge on any atom is 0.0998 e. The molecule has 0 amide bonds. The van der Waals surface area contributed by atoms with Crippen LogP contribution in [0.4, 0.5) is 5.69 Å². The molecule has 4 nitrogen and oxygen atoms in total. The van der Waals surface area contributed by atoms with Gasteiger partial charge in [-0.1, -0.05) is 12.1 Å². The molecule has 0 N–H and O–H groups in total. The Kier molecular flexibility index (Phi) is 4.33. The molecule has 21 heavy (non-hydrogen) atoms. The summed E-state index contributed by atoms with van der Waals surface area (Å²) in [6.45, 7) is 0. The van der Waals surface area contributed by atoms with Crippen molar-refractivity contribution in [2.24, 2.45) is 0 Å². The normalized spacial score (nSPS) is 10.6. The molecule has 1 heterocycles. The van der Waals surface area contributed by atoms with Gasteiger partial charge in [-0.05, 0) is 35.9 Å². The van der Waals surface area contributed by atoms with Gasteiger partial charge in [-0.15, -0.1) is 0 Å². The zero-order valence-electron chi connectivity index (χ0n) is 11.9. The molecule has 0 spiro atoms. The largest absolute Gasteiger partial charge is 0.376 e. The molecular formula is C17H14N4. The van der Waals surface area contributed by atoms with Gasteiger partial charge in [0.25, 0.3) is 0 Å². The summed E-state index contributed by atoms with van der Waals surface area (Å²) in [6.07, 6.45) is 3.50. The molecule has 0 unspecified atom stereocenters. The van der Waals surface area contributed by atoms with E-state index in [1.54, 1.807) is 36.5 Å². The van der Waals surface area contributed by atoms with Crippen molar-refractivity contribution in [1.82, 2.24) is 4.98 Å². The van der Waals surface area contributed by atoms with E-state index in [1.807, 2.05) is 31.1 Å². The minimum absolute atomic E-state index is 0.518. The van der Waals surface area contributed by atoms with Gasteiger partial charge in [0.15, 0.2) is 0 Å². The Morgan fingerprint density at radius 2 is 1.81 bits per heavy atom. The van der Waals surface area contributed by atoms with Crippen LogP contribution in [0.3, 0.4) is 0 Å². The highest BCUT2D eigenvalue weighted by atomic mass is 15.1. The summed E-state index contributed by atoms with van der Waals surface area (Å²) in [5.41, 5.74) is 3.59. The molecule has 2 aromatic rings. The molecule has 0 saturated carbocycles. The Bertz CT molecular complexity index is 726. The number of aromatic nitrogens is 1. The van der Waals surface area contributed by atoms with E-state index in [-0.39, 0.29) is 0 Å². The van der Waals surface area contributed by atoms with Gasteiger partial charge in [-0.25, -0.2) is 0 Å². The summed E-state index contributed by atoms with van der Waals surface area (Å²) in [5, 5.41) is 18.1. The summed E-state index contributed by atoms with van der Waals surface area (Å²) >= 11 is 0.